The number of carbonyl (C=O) groups is 2. The van der Waals surface area contributed by atoms with Crippen LogP contribution in [-0.2, 0) is 9.53 Å². The van der Waals surface area contributed by atoms with Crippen molar-refractivity contribution < 1.29 is 19.4 Å². The van der Waals surface area contributed by atoms with Crippen LogP contribution < -0.4 is 5.32 Å². The molecular weight excluding hydrogens is 272 g/mol. The van der Waals surface area contributed by atoms with Crippen molar-refractivity contribution in [3.05, 3.63) is 35.9 Å². The van der Waals surface area contributed by atoms with E-state index < -0.39 is 12.0 Å². The van der Waals surface area contributed by atoms with Crippen LogP contribution in [0.3, 0.4) is 0 Å². The second kappa shape index (κ2) is 8.97. The number of aliphatic carboxylic acids is 1. The highest BCUT2D eigenvalue weighted by Crippen LogP contribution is 2.13. The molecule has 1 unspecified atom stereocenters. The van der Waals surface area contributed by atoms with E-state index in [1.54, 1.807) is 0 Å². The van der Waals surface area contributed by atoms with E-state index in [0.717, 1.165) is 5.56 Å². The second-order valence-electron chi connectivity index (χ2n) is 4.81. The Morgan fingerprint density at radius 2 is 2.00 bits per heavy atom. The topological polar surface area (TPSA) is 78.9 Å². The van der Waals surface area contributed by atoms with Gasteiger partial charge >= 0.3 is 12.0 Å². The number of methoxy groups -OCH3 is 1. The largest absolute Gasteiger partial charge is 0.480 e. The Labute approximate surface area is 124 Å². The van der Waals surface area contributed by atoms with Crippen LogP contribution in [0.2, 0.25) is 0 Å². The third-order valence-electron chi connectivity index (χ3n) is 3.11. The molecule has 0 radical (unpaired) electrons. The first-order valence-corrected chi connectivity index (χ1v) is 6.83. The van der Waals surface area contributed by atoms with Crippen LogP contribution in [0.25, 0.3) is 0 Å². The van der Waals surface area contributed by atoms with Crippen molar-refractivity contribution in [2.45, 2.75) is 12.8 Å². The first-order valence-electron chi connectivity index (χ1n) is 6.83. The Morgan fingerprint density at radius 3 is 2.57 bits per heavy atom. The molecule has 1 rings (SSSR count). The minimum atomic E-state index is -1.04. The van der Waals surface area contributed by atoms with Crippen LogP contribution >= 0.6 is 0 Å². The molecule has 2 amide bonds. The number of nitrogens with one attached hydrogen (secondary N) is 1. The molecule has 0 aromatic heterocycles. The van der Waals surface area contributed by atoms with E-state index >= 15 is 0 Å². The third kappa shape index (κ3) is 6.27. The Morgan fingerprint density at radius 1 is 1.33 bits per heavy atom. The van der Waals surface area contributed by atoms with Crippen molar-refractivity contribution >= 4 is 12.0 Å². The molecule has 2 N–H and O–H groups in total. The van der Waals surface area contributed by atoms with Crippen molar-refractivity contribution in [1.29, 1.82) is 0 Å². The van der Waals surface area contributed by atoms with E-state index in [2.05, 4.69) is 5.32 Å². The average molecular weight is 294 g/mol. The molecule has 1 atom stereocenters. The maximum absolute atomic E-state index is 12.0. The summed E-state index contributed by atoms with van der Waals surface area (Å²) in [7, 11) is 1.51. The van der Waals surface area contributed by atoms with Crippen LogP contribution in [-0.4, -0.2) is 55.4 Å². The van der Waals surface area contributed by atoms with Crippen molar-refractivity contribution in [3.8, 4) is 0 Å². The van der Waals surface area contributed by atoms with E-state index in [-0.39, 0.29) is 19.0 Å². The van der Waals surface area contributed by atoms with E-state index in [1.165, 1.54) is 12.0 Å². The summed E-state index contributed by atoms with van der Waals surface area (Å²) < 4.78 is 4.88. The van der Waals surface area contributed by atoms with Crippen molar-refractivity contribution in [2.24, 2.45) is 0 Å². The predicted octanol–water partition coefficient (Wildman–Crippen LogP) is 1.53. The molecule has 0 heterocycles. The van der Waals surface area contributed by atoms with Gasteiger partial charge in [0.05, 0.1) is 6.61 Å². The quantitative estimate of drug-likeness (QED) is 0.762. The van der Waals surface area contributed by atoms with Crippen LogP contribution in [0.5, 0.6) is 0 Å². The van der Waals surface area contributed by atoms with Gasteiger partial charge in [0.1, 0.15) is 6.54 Å². The lowest BCUT2D eigenvalue weighted by atomic mass is 10.0. The summed E-state index contributed by atoms with van der Waals surface area (Å²) in [6.07, 6.45) is 0. The van der Waals surface area contributed by atoms with Gasteiger partial charge in [0.25, 0.3) is 0 Å². The normalized spacial score (nSPS) is 11.7. The van der Waals surface area contributed by atoms with Gasteiger partial charge in [0.2, 0.25) is 0 Å². The number of nitrogens with zero attached hydrogens (tertiary/aromatic N) is 1. The molecule has 0 aliphatic rings. The minimum absolute atomic E-state index is 0.157. The van der Waals surface area contributed by atoms with Gasteiger partial charge < -0.3 is 20.1 Å². The third-order valence-corrected chi connectivity index (χ3v) is 3.11. The summed E-state index contributed by atoms with van der Waals surface area (Å²) in [6.45, 7) is 2.66. The number of hydrogen-bond donors (Lipinski definition) is 2. The van der Waals surface area contributed by atoms with Crippen molar-refractivity contribution in [3.63, 3.8) is 0 Å². The molecule has 0 bridgehead atoms. The Bertz CT molecular complexity index is 450. The number of benzene rings is 1. The lowest BCUT2D eigenvalue weighted by Gasteiger charge is -2.22. The first-order chi connectivity index (χ1) is 10.0. The fourth-order valence-electron chi connectivity index (χ4n) is 1.87. The Kier molecular flexibility index (Phi) is 7.25. The second-order valence-corrected chi connectivity index (χ2v) is 4.81. The van der Waals surface area contributed by atoms with Crippen LogP contribution in [0.4, 0.5) is 4.79 Å². The number of hydrogen-bond acceptors (Lipinski definition) is 3. The molecule has 21 heavy (non-hydrogen) atoms. The summed E-state index contributed by atoms with van der Waals surface area (Å²) in [5.74, 6) is -0.887. The number of carboxylic acids is 1. The first kappa shape index (κ1) is 17.0. The van der Waals surface area contributed by atoms with Gasteiger partial charge in [-0.2, -0.15) is 0 Å². The van der Waals surface area contributed by atoms with Crippen molar-refractivity contribution in [2.75, 3.05) is 33.4 Å². The lowest BCUT2D eigenvalue weighted by Crippen LogP contribution is -2.45. The van der Waals surface area contributed by atoms with Gasteiger partial charge in [-0.3, -0.25) is 4.79 Å². The molecule has 0 fully saturated rings. The standard InChI is InChI=1S/C15H22N2O4/c1-12(13-6-4-3-5-7-13)10-16-15(20)17(8-9-21-2)11-14(18)19/h3-7,12H,8-11H2,1-2H3,(H,16,20)(H,18,19). The SMILES string of the molecule is COCCN(CC(=O)O)C(=O)NCC(C)c1ccccc1. The predicted molar refractivity (Wildman–Crippen MR) is 79.3 cm³/mol. The Balaban J connectivity index is 2.50. The van der Waals surface area contributed by atoms with Crippen LogP contribution in [0.15, 0.2) is 30.3 Å². The molecule has 0 aliphatic heterocycles. The van der Waals surface area contributed by atoms with Gasteiger partial charge in [0.15, 0.2) is 0 Å². The van der Waals surface area contributed by atoms with E-state index in [4.69, 9.17) is 9.84 Å². The number of amides is 2. The molecule has 1 aromatic carbocycles. The Hall–Kier alpha value is -2.08. The highest BCUT2D eigenvalue weighted by Gasteiger charge is 2.17. The van der Waals surface area contributed by atoms with Gasteiger partial charge in [0, 0.05) is 20.2 Å². The summed E-state index contributed by atoms with van der Waals surface area (Å²) in [5.41, 5.74) is 1.12. The van der Waals surface area contributed by atoms with Crippen LogP contribution in [0.1, 0.15) is 18.4 Å². The van der Waals surface area contributed by atoms with Crippen LogP contribution in [0, 0.1) is 0 Å². The zero-order chi connectivity index (χ0) is 15.7. The fourth-order valence-corrected chi connectivity index (χ4v) is 1.87. The maximum Gasteiger partial charge on any atom is 0.323 e. The number of ether oxygens (including phenoxy) is 1. The molecule has 0 spiro atoms. The summed E-state index contributed by atoms with van der Waals surface area (Å²) in [4.78, 5) is 24.0. The number of urea groups is 1. The van der Waals surface area contributed by atoms with E-state index in [9.17, 15) is 9.59 Å². The molecule has 116 valence electrons. The smallest absolute Gasteiger partial charge is 0.323 e. The fraction of sp³-hybridized carbons (Fsp3) is 0.467. The molecule has 0 aliphatic carbocycles. The molecule has 0 saturated carbocycles. The molecular formula is C15H22N2O4. The summed E-state index contributed by atoms with van der Waals surface area (Å²) in [5, 5.41) is 11.6. The zero-order valence-corrected chi connectivity index (χ0v) is 12.4. The van der Waals surface area contributed by atoms with Crippen molar-refractivity contribution in [1.82, 2.24) is 10.2 Å². The highest BCUT2D eigenvalue weighted by atomic mass is 16.5. The molecule has 6 heteroatoms. The number of carbonyl (C=O) groups excluding carboxylic acids is 1. The maximum atomic E-state index is 12.0. The van der Waals surface area contributed by atoms with E-state index in [0.29, 0.717) is 13.2 Å². The molecule has 1 aromatic rings. The average Bonchev–Trinajstić information content (AvgIpc) is 2.49. The summed E-state index contributed by atoms with van der Waals surface area (Å²) in [6, 6.07) is 9.44. The molecule has 6 nitrogen and oxygen atoms in total. The van der Waals surface area contributed by atoms with Gasteiger partial charge in [-0.15, -0.1) is 0 Å². The van der Waals surface area contributed by atoms with E-state index in [1.807, 2.05) is 37.3 Å². The zero-order valence-electron chi connectivity index (χ0n) is 12.4. The van der Waals surface area contributed by atoms with Gasteiger partial charge in [-0.1, -0.05) is 37.3 Å². The molecule has 0 saturated heterocycles. The number of carboxylic acid groups (broad SMARTS) is 1. The van der Waals surface area contributed by atoms with Gasteiger partial charge in [-0.25, -0.2) is 4.79 Å². The monoisotopic (exact) mass is 294 g/mol. The number of rotatable bonds is 8. The van der Waals surface area contributed by atoms with Gasteiger partial charge in [-0.05, 0) is 11.5 Å². The minimum Gasteiger partial charge on any atom is -0.480 e. The lowest BCUT2D eigenvalue weighted by molar-refractivity contribution is -0.137. The highest BCUT2D eigenvalue weighted by molar-refractivity contribution is 5.80. The summed E-state index contributed by atoms with van der Waals surface area (Å²) >= 11 is 0.